The quantitative estimate of drug-likeness (QED) is 0.911. The van der Waals surface area contributed by atoms with Crippen LogP contribution in [0.4, 0.5) is 5.69 Å². The highest BCUT2D eigenvalue weighted by atomic mass is 32.1. The lowest BCUT2D eigenvalue weighted by Gasteiger charge is -2.14. The molecule has 0 saturated carbocycles. The third-order valence-electron chi connectivity index (χ3n) is 2.47. The molecule has 2 aromatic rings. The number of hydrogen-bond acceptors (Lipinski definition) is 4. The molecule has 2 heterocycles. The van der Waals surface area contributed by atoms with Gasteiger partial charge in [-0.05, 0) is 0 Å². The summed E-state index contributed by atoms with van der Waals surface area (Å²) in [6.07, 6.45) is 3.77. The molecule has 0 aliphatic carbocycles. The number of anilines is 1. The van der Waals surface area contributed by atoms with Crippen LogP contribution in [0.25, 0.3) is 0 Å². The van der Waals surface area contributed by atoms with Crippen molar-refractivity contribution in [1.82, 2.24) is 14.8 Å². The smallest absolute Gasteiger partial charge is 0.112 e. The zero-order valence-electron chi connectivity index (χ0n) is 10.7. The van der Waals surface area contributed by atoms with Crippen LogP contribution in [0.15, 0.2) is 17.8 Å². The van der Waals surface area contributed by atoms with Crippen molar-refractivity contribution in [3.05, 3.63) is 28.5 Å². The Kier molecular flexibility index (Phi) is 3.19. The lowest BCUT2D eigenvalue weighted by atomic mass is 9.93. The predicted octanol–water partition coefficient (Wildman–Crippen LogP) is 2.79. The molecule has 0 amide bonds. The first-order valence-corrected chi connectivity index (χ1v) is 6.50. The second-order valence-electron chi connectivity index (χ2n) is 5.13. The molecule has 4 nitrogen and oxygen atoms in total. The normalized spacial score (nSPS) is 11.8. The molecule has 0 fully saturated rings. The van der Waals surface area contributed by atoms with Crippen molar-refractivity contribution in [2.45, 2.75) is 32.7 Å². The molecule has 0 aliphatic rings. The highest BCUT2D eigenvalue weighted by molar-refractivity contribution is 7.09. The number of aryl methyl sites for hydroxylation is 1. The summed E-state index contributed by atoms with van der Waals surface area (Å²) in [4.78, 5) is 4.63. The molecule has 2 rings (SSSR count). The Morgan fingerprint density at radius 2 is 2.18 bits per heavy atom. The van der Waals surface area contributed by atoms with E-state index in [1.807, 2.05) is 19.4 Å². The maximum Gasteiger partial charge on any atom is 0.112 e. The minimum absolute atomic E-state index is 0.128. The van der Waals surface area contributed by atoms with Crippen LogP contribution in [-0.2, 0) is 19.0 Å². The van der Waals surface area contributed by atoms with Gasteiger partial charge in [0.15, 0.2) is 0 Å². The number of thiazole rings is 1. The molecule has 0 aliphatic heterocycles. The number of aromatic nitrogens is 3. The Labute approximate surface area is 106 Å². The Morgan fingerprint density at radius 1 is 1.41 bits per heavy atom. The molecule has 0 saturated heterocycles. The zero-order chi connectivity index (χ0) is 12.5. The van der Waals surface area contributed by atoms with E-state index in [0.29, 0.717) is 0 Å². The van der Waals surface area contributed by atoms with E-state index in [9.17, 15) is 0 Å². The van der Waals surface area contributed by atoms with Gasteiger partial charge in [0.25, 0.3) is 0 Å². The van der Waals surface area contributed by atoms with Crippen molar-refractivity contribution in [2.24, 2.45) is 7.05 Å². The zero-order valence-corrected chi connectivity index (χ0v) is 11.5. The molecule has 0 atom stereocenters. The maximum atomic E-state index is 4.63. The van der Waals surface area contributed by atoms with Gasteiger partial charge < -0.3 is 5.32 Å². The molecule has 0 aromatic carbocycles. The molecule has 1 N–H and O–H groups in total. The number of hydrogen-bond donors (Lipinski definition) is 1. The molecule has 0 radical (unpaired) electrons. The summed E-state index contributed by atoms with van der Waals surface area (Å²) in [7, 11) is 1.91. The fourth-order valence-electron chi connectivity index (χ4n) is 1.43. The topological polar surface area (TPSA) is 42.7 Å². The summed E-state index contributed by atoms with van der Waals surface area (Å²) in [5.41, 5.74) is 2.31. The fraction of sp³-hybridized carbons (Fsp3) is 0.500. The van der Waals surface area contributed by atoms with Gasteiger partial charge in [0.2, 0.25) is 0 Å². The third kappa shape index (κ3) is 3.06. The highest BCUT2D eigenvalue weighted by Crippen LogP contribution is 2.24. The van der Waals surface area contributed by atoms with Gasteiger partial charge in [0, 0.05) is 24.0 Å². The summed E-state index contributed by atoms with van der Waals surface area (Å²) in [5, 5.41) is 10.7. The first-order chi connectivity index (χ1) is 7.95. The SMILES string of the molecule is Cn1cc(NCc2nc(C(C)(C)C)cs2)cn1. The van der Waals surface area contributed by atoms with E-state index >= 15 is 0 Å². The van der Waals surface area contributed by atoms with E-state index in [-0.39, 0.29) is 5.41 Å². The first kappa shape index (κ1) is 12.1. The molecule has 2 aromatic heterocycles. The first-order valence-electron chi connectivity index (χ1n) is 5.62. The molecule has 0 unspecified atom stereocenters. The second kappa shape index (κ2) is 4.49. The van der Waals surface area contributed by atoms with Crippen molar-refractivity contribution >= 4 is 17.0 Å². The van der Waals surface area contributed by atoms with Crippen LogP contribution < -0.4 is 5.32 Å². The van der Waals surface area contributed by atoms with E-state index < -0.39 is 0 Å². The van der Waals surface area contributed by atoms with Crippen molar-refractivity contribution in [3.8, 4) is 0 Å². The van der Waals surface area contributed by atoms with Crippen LogP contribution in [0.5, 0.6) is 0 Å². The van der Waals surface area contributed by atoms with Crippen molar-refractivity contribution in [1.29, 1.82) is 0 Å². The lowest BCUT2D eigenvalue weighted by molar-refractivity contribution is 0.571. The monoisotopic (exact) mass is 250 g/mol. The fourth-order valence-corrected chi connectivity index (χ4v) is 2.39. The molecule has 17 heavy (non-hydrogen) atoms. The van der Waals surface area contributed by atoms with Crippen LogP contribution in [0.3, 0.4) is 0 Å². The van der Waals surface area contributed by atoms with Gasteiger partial charge in [-0.1, -0.05) is 20.8 Å². The molecular formula is C12H18N4S. The Morgan fingerprint density at radius 3 is 2.71 bits per heavy atom. The van der Waals surface area contributed by atoms with E-state index in [1.54, 1.807) is 16.0 Å². The number of nitrogens with one attached hydrogen (secondary N) is 1. The van der Waals surface area contributed by atoms with Crippen molar-refractivity contribution in [2.75, 3.05) is 5.32 Å². The van der Waals surface area contributed by atoms with E-state index in [0.717, 1.165) is 22.9 Å². The largest absolute Gasteiger partial charge is 0.376 e. The van der Waals surface area contributed by atoms with Crippen LogP contribution >= 0.6 is 11.3 Å². The van der Waals surface area contributed by atoms with Gasteiger partial charge in [0.1, 0.15) is 5.01 Å². The molecular weight excluding hydrogens is 232 g/mol. The average Bonchev–Trinajstić information content (AvgIpc) is 2.82. The average molecular weight is 250 g/mol. The van der Waals surface area contributed by atoms with Crippen LogP contribution in [0.1, 0.15) is 31.5 Å². The number of rotatable bonds is 3. The standard InChI is InChI=1S/C12H18N4S/c1-12(2,3)10-8-17-11(15-10)6-13-9-5-14-16(4)7-9/h5,7-8,13H,6H2,1-4H3. The van der Waals surface area contributed by atoms with Crippen LogP contribution in [0, 0.1) is 0 Å². The van der Waals surface area contributed by atoms with E-state index in [4.69, 9.17) is 0 Å². The minimum Gasteiger partial charge on any atom is -0.376 e. The molecule has 92 valence electrons. The summed E-state index contributed by atoms with van der Waals surface area (Å²) in [6.45, 7) is 7.30. The highest BCUT2D eigenvalue weighted by Gasteiger charge is 2.17. The van der Waals surface area contributed by atoms with Gasteiger partial charge in [0.05, 0.1) is 24.1 Å². The van der Waals surface area contributed by atoms with Crippen molar-refractivity contribution < 1.29 is 0 Å². The van der Waals surface area contributed by atoms with Gasteiger partial charge in [-0.2, -0.15) is 5.10 Å². The molecule has 0 spiro atoms. The summed E-state index contributed by atoms with van der Waals surface area (Å²) >= 11 is 1.70. The summed E-state index contributed by atoms with van der Waals surface area (Å²) in [5.74, 6) is 0. The van der Waals surface area contributed by atoms with Gasteiger partial charge in [-0.15, -0.1) is 11.3 Å². The lowest BCUT2D eigenvalue weighted by Crippen LogP contribution is -2.11. The van der Waals surface area contributed by atoms with Gasteiger partial charge >= 0.3 is 0 Å². The predicted molar refractivity (Wildman–Crippen MR) is 71.3 cm³/mol. The van der Waals surface area contributed by atoms with E-state index in [1.165, 1.54) is 0 Å². The Bertz CT molecular complexity index is 493. The number of nitrogens with zero attached hydrogens (tertiary/aromatic N) is 3. The Hall–Kier alpha value is -1.36. The third-order valence-corrected chi connectivity index (χ3v) is 3.32. The maximum absolute atomic E-state index is 4.63. The van der Waals surface area contributed by atoms with Crippen molar-refractivity contribution in [3.63, 3.8) is 0 Å². The van der Waals surface area contributed by atoms with Crippen LogP contribution in [0.2, 0.25) is 0 Å². The molecule has 0 bridgehead atoms. The summed E-state index contributed by atoms with van der Waals surface area (Å²) in [6, 6.07) is 0. The van der Waals surface area contributed by atoms with E-state index in [2.05, 4.69) is 41.6 Å². The Balaban J connectivity index is 1.98. The second-order valence-corrected chi connectivity index (χ2v) is 6.08. The molecule has 5 heteroatoms. The van der Waals surface area contributed by atoms with Gasteiger partial charge in [-0.25, -0.2) is 4.98 Å². The minimum atomic E-state index is 0.128. The van der Waals surface area contributed by atoms with Crippen LogP contribution in [-0.4, -0.2) is 14.8 Å². The van der Waals surface area contributed by atoms with Gasteiger partial charge in [-0.3, -0.25) is 4.68 Å². The summed E-state index contributed by atoms with van der Waals surface area (Å²) < 4.78 is 1.78.